The lowest BCUT2D eigenvalue weighted by Gasteiger charge is -2.21. The summed E-state index contributed by atoms with van der Waals surface area (Å²) in [4.78, 5) is 8.15. The molecule has 0 spiro atoms. The van der Waals surface area contributed by atoms with Gasteiger partial charge in [0.2, 0.25) is 0 Å². The number of anilines is 1. The number of rotatable bonds is 3. The van der Waals surface area contributed by atoms with Crippen molar-refractivity contribution in [2.24, 2.45) is 0 Å². The Hall–Kier alpha value is -1.81. The first kappa shape index (κ1) is 12.2. The smallest absolute Gasteiger partial charge is 0.147 e. The number of benzene rings is 1. The molecule has 98 valence electrons. The third-order valence-electron chi connectivity index (χ3n) is 3.09. The van der Waals surface area contributed by atoms with Crippen molar-refractivity contribution in [2.45, 2.75) is 19.4 Å². The summed E-state index contributed by atoms with van der Waals surface area (Å²) in [7, 11) is 0. The van der Waals surface area contributed by atoms with Crippen molar-refractivity contribution >= 4 is 17.3 Å². The van der Waals surface area contributed by atoms with Gasteiger partial charge in [0.1, 0.15) is 17.5 Å². The molecular formula is C14H14ClN3O. The molecule has 2 heterocycles. The fourth-order valence-electron chi connectivity index (χ4n) is 2.16. The van der Waals surface area contributed by atoms with Crippen LogP contribution in [0.4, 0.5) is 5.69 Å². The molecular weight excluding hydrogens is 262 g/mol. The van der Waals surface area contributed by atoms with Crippen molar-refractivity contribution in [3.63, 3.8) is 0 Å². The van der Waals surface area contributed by atoms with Gasteiger partial charge in [0.25, 0.3) is 0 Å². The van der Waals surface area contributed by atoms with Crippen LogP contribution in [-0.4, -0.2) is 16.5 Å². The van der Waals surface area contributed by atoms with Gasteiger partial charge in [0.15, 0.2) is 0 Å². The second-order valence-corrected chi connectivity index (χ2v) is 4.83. The molecule has 0 atom stereocenters. The Labute approximate surface area is 116 Å². The third-order valence-corrected chi connectivity index (χ3v) is 3.28. The Bertz CT molecular complexity index is 571. The average Bonchev–Trinajstić information content (AvgIpc) is 2.47. The molecule has 0 saturated heterocycles. The normalized spacial score (nSPS) is 13.5. The number of aromatic nitrogens is 2. The van der Waals surface area contributed by atoms with Crippen LogP contribution in [0.3, 0.4) is 0 Å². The van der Waals surface area contributed by atoms with Gasteiger partial charge in [0.05, 0.1) is 23.8 Å². The summed E-state index contributed by atoms with van der Waals surface area (Å²) >= 11 is 5.70. The first-order chi connectivity index (χ1) is 9.33. The molecule has 0 radical (unpaired) electrons. The summed E-state index contributed by atoms with van der Waals surface area (Å²) in [6, 6.07) is 6.13. The van der Waals surface area contributed by atoms with Crippen LogP contribution in [0.5, 0.6) is 5.75 Å². The summed E-state index contributed by atoms with van der Waals surface area (Å²) in [5.41, 5.74) is 3.18. The van der Waals surface area contributed by atoms with Crippen molar-refractivity contribution in [2.75, 3.05) is 11.9 Å². The highest BCUT2D eigenvalue weighted by molar-refractivity contribution is 6.29. The largest absolute Gasteiger partial charge is 0.485 e. The number of aryl methyl sites for hydroxylation is 1. The highest BCUT2D eigenvalue weighted by Gasteiger charge is 2.13. The molecule has 1 aromatic heterocycles. The van der Waals surface area contributed by atoms with Gasteiger partial charge in [-0.2, -0.15) is 0 Å². The maximum absolute atomic E-state index is 5.82. The van der Waals surface area contributed by atoms with E-state index in [0.29, 0.717) is 11.8 Å². The van der Waals surface area contributed by atoms with E-state index in [-0.39, 0.29) is 0 Å². The zero-order valence-electron chi connectivity index (χ0n) is 10.4. The van der Waals surface area contributed by atoms with Gasteiger partial charge in [-0.25, -0.2) is 4.98 Å². The molecule has 0 unspecified atom stereocenters. The SMILES string of the molecule is Clc1cnc(COc2cccc3c2NCCC3)cn1. The van der Waals surface area contributed by atoms with E-state index in [9.17, 15) is 0 Å². The number of fused-ring (bicyclic) bond motifs is 1. The zero-order chi connectivity index (χ0) is 13.1. The Morgan fingerprint density at radius 1 is 1.26 bits per heavy atom. The van der Waals surface area contributed by atoms with Gasteiger partial charge in [-0.05, 0) is 24.5 Å². The first-order valence-electron chi connectivity index (χ1n) is 6.28. The first-order valence-corrected chi connectivity index (χ1v) is 6.66. The standard InChI is InChI=1S/C14H14ClN3O/c15-13-8-17-11(7-18-13)9-19-12-5-1-3-10-4-2-6-16-14(10)12/h1,3,5,7-8,16H,2,4,6,9H2. The fraction of sp³-hybridized carbons (Fsp3) is 0.286. The quantitative estimate of drug-likeness (QED) is 0.935. The molecule has 0 fully saturated rings. The van der Waals surface area contributed by atoms with E-state index in [0.717, 1.165) is 30.1 Å². The Morgan fingerprint density at radius 3 is 3.05 bits per heavy atom. The predicted molar refractivity (Wildman–Crippen MR) is 74.6 cm³/mol. The Kier molecular flexibility index (Phi) is 3.51. The number of para-hydroxylation sites is 1. The van der Waals surface area contributed by atoms with E-state index in [1.54, 1.807) is 6.20 Å². The van der Waals surface area contributed by atoms with Crippen LogP contribution < -0.4 is 10.1 Å². The molecule has 5 heteroatoms. The predicted octanol–water partition coefficient (Wildman–Crippen LogP) is 3.07. The molecule has 4 nitrogen and oxygen atoms in total. The Balaban J connectivity index is 1.75. The van der Waals surface area contributed by atoms with Crippen molar-refractivity contribution in [3.8, 4) is 5.75 Å². The highest BCUT2D eigenvalue weighted by Crippen LogP contribution is 2.32. The minimum atomic E-state index is 0.391. The minimum absolute atomic E-state index is 0.391. The topological polar surface area (TPSA) is 47.0 Å². The van der Waals surface area contributed by atoms with Crippen LogP contribution in [-0.2, 0) is 13.0 Å². The van der Waals surface area contributed by atoms with E-state index in [1.807, 2.05) is 12.1 Å². The molecule has 0 amide bonds. The number of nitrogens with zero attached hydrogens (tertiary/aromatic N) is 2. The maximum atomic E-state index is 5.82. The van der Waals surface area contributed by atoms with Gasteiger partial charge in [-0.15, -0.1) is 0 Å². The fourth-order valence-corrected chi connectivity index (χ4v) is 2.26. The second kappa shape index (κ2) is 5.45. The molecule has 1 aromatic carbocycles. The molecule has 1 N–H and O–H groups in total. The number of ether oxygens (including phenoxy) is 1. The molecule has 19 heavy (non-hydrogen) atoms. The average molecular weight is 276 g/mol. The van der Waals surface area contributed by atoms with Gasteiger partial charge in [0, 0.05) is 6.54 Å². The second-order valence-electron chi connectivity index (χ2n) is 4.44. The molecule has 0 bridgehead atoms. The monoisotopic (exact) mass is 275 g/mol. The van der Waals surface area contributed by atoms with Crippen molar-refractivity contribution in [1.29, 1.82) is 0 Å². The number of hydrogen-bond donors (Lipinski definition) is 1. The van der Waals surface area contributed by atoms with Crippen LogP contribution in [0.25, 0.3) is 0 Å². The van der Waals surface area contributed by atoms with Gasteiger partial charge in [-0.1, -0.05) is 23.7 Å². The maximum Gasteiger partial charge on any atom is 0.147 e. The third kappa shape index (κ3) is 2.79. The van der Waals surface area contributed by atoms with E-state index < -0.39 is 0 Å². The molecule has 1 aliphatic rings. The minimum Gasteiger partial charge on any atom is -0.485 e. The van der Waals surface area contributed by atoms with E-state index >= 15 is 0 Å². The van der Waals surface area contributed by atoms with Gasteiger partial charge >= 0.3 is 0 Å². The number of nitrogens with one attached hydrogen (secondary N) is 1. The van der Waals surface area contributed by atoms with Crippen LogP contribution in [0.2, 0.25) is 5.15 Å². The van der Waals surface area contributed by atoms with E-state index in [2.05, 4.69) is 21.4 Å². The van der Waals surface area contributed by atoms with E-state index in [4.69, 9.17) is 16.3 Å². The van der Waals surface area contributed by atoms with Gasteiger partial charge in [-0.3, -0.25) is 4.98 Å². The lowest BCUT2D eigenvalue weighted by atomic mass is 10.0. The molecule has 3 rings (SSSR count). The Morgan fingerprint density at radius 2 is 2.21 bits per heavy atom. The van der Waals surface area contributed by atoms with Gasteiger partial charge < -0.3 is 10.1 Å². The van der Waals surface area contributed by atoms with Crippen LogP contribution >= 0.6 is 11.6 Å². The molecule has 2 aromatic rings. The van der Waals surface area contributed by atoms with Crippen LogP contribution in [0.15, 0.2) is 30.6 Å². The number of hydrogen-bond acceptors (Lipinski definition) is 4. The number of halogens is 1. The van der Waals surface area contributed by atoms with Crippen molar-refractivity contribution < 1.29 is 4.74 Å². The summed E-state index contributed by atoms with van der Waals surface area (Å²) < 4.78 is 5.82. The lowest BCUT2D eigenvalue weighted by Crippen LogP contribution is -2.13. The summed E-state index contributed by atoms with van der Waals surface area (Å²) in [6.07, 6.45) is 5.42. The zero-order valence-corrected chi connectivity index (χ0v) is 11.2. The van der Waals surface area contributed by atoms with Crippen molar-refractivity contribution in [1.82, 2.24) is 9.97 Å². The van der Waals surface area contributed by atoms with Crippen LogP contribution in [0.1, 0.15) is 17.7 Å². The van der Waals surface area contributed by atoms with Crippen LogP contribution in [0, 0.1) is 0 Å². The molecule has 0 saturated carbocycles. The summed E-state index contributed by atoms with van der Waals surface area (Å²) in [5, 5.41) is 3.79. The van der Waals surface area contributed by atoms with E-state index in [1.165, 1.54) is 18.2 Å². The lowest BCUT2D eigenvalue weighted by molar-refractivity contribution is 0.301. The molecule has 1 aliphatic heterocycles. The van der Waals surface area contributed by atoms with Crippen molar-refractivity contribution in [3.05, 3.63) is 47.0 Å². The highest BCUT2D eigenvalue weighted by atomic mass is 35.5. The summed E-state index contributed by atoms with van der Waals surface area (Å²) in [5.74, 6) is 0.869. The molecule has 0 aliphatic carbocycles. The summed E-state index contributed by atoms with van der Waals surface area (Å²) in [6.45, 7) is 1.39.